The number of carbonyl (C=O) groups is 1. The van der Waals surface area contributed by atoms with E-state index in [0.717, 1.165) is 35.5 Å². The number of hydrogen-bond donors (Lipinski definition) is 2. The van der Waals surface area contributed by atoms with E-state index in [1.54, 1.807) is 21.1 Å². The Balaban J connectivity index is 2.02. The van der Waals surface area contributed by atoms with Gasteiger partial charge in [-0.15, -0.1) is 0 Å². The fraction of sp³-hybridized carbons (Fsp3) is 0.370. The molecule has 0 fully saturated rings. The Morgan fingerprint density at radius 2 is 1.49 bits per heavy atom. The van der Waals surface area contributed by atoms with Gasteiger partial charge < -0.3 is 24.8 Å². The Morgan fingerprint density at radius 1 is 0.971 bits per heavy atom. The lowest BCUT2D eigenvalue weighted by Crippen LogP contribution is -2.27. The van der Waals surface area contributed by atoms with E-state index in [4.69, 9.17) is 14.5 Å². The van der Waals surface area contributed by atoms with Crippen molar-refractivity contribution in [2.45, 2.75) is 52.7 Å². The molecule has 0 aliphatic rings. The van der Waals surface area contributed by atoms with E-state index in [1.165, 1.54) is 0 Å². The number of anilines is 2. The highest BCUT2D eigenvalue weighted by molar-refractivity contribution is 5.94. The summed E-state index contributed by atoms with van der Waals surface area (Å²) >= 11 is 0. The first-order valence-corrected chi connectivity index (χ1v) is 11.7. The number of rotatable bonds is 12. The van der Waals surface area contributed by atoms with E-state index < -0.39 is 5.97 Å². The van der Waals surface area contributed by atoms with Gasteiger partial charge in [0.25, 0.3) is 0 Å². The van der Waals surface area contributed by atoms with Gasteiger partial charge in [-0.3, -0.25) is 0 Å². The summed E-state index contributed by atoms with van der Waals surface area (Å²) in [6.45, 7) is 6.90. The Bertz CT molecular complexity index is 1070. The number of nitrogens with one attached hydrogen (secondary N) is 1. The average molecular weight is 479 g/mol. The van der Waals surface area contributed by atoms with Gasteiger partial charge in [0.2, 0.25) is 5.95 Å². The first kappa shape index (κ1) is 25.8. The van der Waals surface area contributed by atoms with Gasteiger partial charge >= 0.3 is 5.97 Å². The lowest BCUT2D eigenvalue weighted by Gasteiger charge is -2.25. The van der Waals surface area contributed by atoms with Gasteiger partial charge in [0.15, 0.2) is 0 Å². The number of ether oxygens (including phenoxy) is 2. The topological polar surface area (TPSA) is 96.8 Å². The van der Waals surface area contributed by atoms with Gasteiger partial charge in [-0.05, 0) is 55.7 Å². The molecule has 186 valence electrons. The Morgan fingerprint density at radius 3 is 1.91 bits per heavy atom. The predicted octanol–water partition coefficient (Wildman–Crippen LogP) is 5.31. The maximum atomic E-state index is 12.0. The van der Waals surface area contributed by atoms with Crippen molar-refractivity contribution in [1.29, 1.82) is 0 Å². The molecule has 1 atom stereocenters. The smallest absolute Gasteiger partial charge is 0.341 e. The number of hydrogen-bond acceptors (Lipinski definition) is 7. The van der Waals surface area contributed by atoms with Crippen molar-refractivity contribution in [3.05, 3.63) is 70.9 Å². The van der Waals surface area contributed by atoms with Gasteiger partial charge in [-0.25, -0.2) is 9.78 Å². The van der Waals surface area contributed by atoms with Crippen LogP contribution < -0.4 is 19.7 Å². The van der Waals surface area contributed by atoms with E-state index in [1.807, 2.05) is 60.4 Å². The summed E-state index contributed by atoms with van der Waals surface area (Å²) in [7, 11) is 3.28. The van der Waals surface area contributed by atoms with E-state index in [-0.39, 0.29) is 11.6 Å². The largest absolute Gasteiger partial charge is 0.497 e. The zero-order chi connectivity index (χ0) is 25.4. The van der Waals surface area contributed by atoms with Crippen molar-refractivity contribution in [3.8, 4) is 11.5 Å². The van der Waals surface area contributed by atoms with Gasteiger partial charge in [-0.2, -0.15) is 4.98 Å². The minimum atomic E-state index is -1.04. The molecule has 0 aliphatic heterocycles. The van der Waals surface area contributed by atoms with Crippen LogP contribution in [0.2, 0.25) is 0 Å². The minimum Gasteiger partial charge on any atom is -0.497 e. The van der Waals surface area contributed by atoms with Crippen molar-refractivity contribution < 1.29 is 19.4 Å². The molecule has 8 heteroatoms. The van der Waals surface area contributed by atoms with Gasteiger partial charge in [-0.1, -0.05) is 37.6 Å². The molecule has 0 aliphatic carbocycles. The Labute approximate surface area is 206 Å². The van der Waals surface area contributed by atoms with Crippen LogP contribution in [0.1, 0.15) is 53.9 Å². The van der Waals surface area contributed by atoms with Crippen LogP contribution in [0, 0.1) is 6.92 Å². The van der Waals surface area contributed by atoms with Crippen LogP contribution >= 0.6 is 0 Å². The van der Waals surface area contributed by atoms with Crippen LogP contribution in [-0.4, -0.2) is 41.3 Å². The fourth-order valence-corrected chi connectivity index (χ4v) is 3.90. The highest BCUT2D eigenvalue weighted by atomic mass is 16.5. The molecule has 3 aromatic rings. The normalized spacial score (nSPS) is 11.6. The number of nitrogens with zero attached hydrogens (tertiary/aromatic N) is 3. The van der Waals surface area contributed by atoms with Crippen LogP contribution in [-0.2, 0) is 13.1 Å². The van der Waals surface area contributed by atoms with Crippen LogP contribution in [0.25, 0.3) is 0 Å². The molecule has 1 aromatic heterocycles. The van der Waals surface area contributed by atoms with E-state index >= 15 is 0 Å². The average Bonchev–Trinajstić information content (AvgIpc) is 2.84. The Hall–Kier alpha value is -3.81. The second-order valence-electron chi connectivity index (χ2n) is 8.52. The summed E-state index contributed by atoms with van der Waals surface area (Å²) in [5.74, 6) is 1.33. The molecule has 0 amide bonds. The van der Waals surface area contributed by atoms with Crippen LogP contribution in [0.4, 0.5) is 11.8 Å². The highest BCUT2D eigenvalue weighted by Gasteiger charge is 2.22. The number of aromatic carboxylic acids is 1. The quantitative estimate of drug-likeness (QED) is 0.362. The summed E-state index contributed by atoms with van der Waals surface area (Å²) in [5.41, 5.74) is 2.63. The molecule has 0 saturated carbocycles. The molecular weight excluding hydrogens is 444 g/mol. The standard InChI is InChI=1S/C27H34N4O4/c1-6-7-18(2)28-25-24(26(32)33)19(3)29-27(30-25)31(16-20-8-12-22(34-4)13-9-20)17-21-10-14-23(35-5)15-11-21/h8-15,18H,6-7,16-17H2,1-5H3,(H,32,33)(H,28,29,30). The third-order valence-corrected chi connectivity index (χ3v) is 5.74. The molecule has 2 N–H and O–H groups in total. The summed E-state index contributed by atoms with van der Waals surface area (Å²) in [6, 6.07) is 15.8. The molecule has 8 nitrogen and oxygen atoms in total. The Kier molecular flexibility index (Phi) is 8.89. The van der Waals surface area contributed by atoms with Crippen LogP contribution in [0.3, 0.4) is 0 Å². The number of carboxylic acids is 1. The lowest BCUT2D eigenvalue weighted by atomic mass is 10.1. The number of carboxylic acid groups (broad SMARTS) is 1. The second kappa shape index (κ2) is 12.1. The molecule has 35 heavy (non-hydrogen) atoms. The monoisotopic (exact) mass is 478 g/mol. The van der Waals surface area contributed by atoms with E-state index in [2.05, 4.69) is 17.2 Å². The molecule has 0 radical (unpaired) electrons. The van der Waals surface area contributed by atoms with Crippen molar-refractivity contribution in [2.75, 3.05) is 24.4 Å². The first-order valence-electron chi connectivity index (χ1n) is 11.7. The van der Waals surface area contributed by atoms with E-state index in [9.17, 15) is 9.90 Å². The SMILES string of the molecule is CCCC(C)Nc1nc(N(Cc2ccc(OC)cc2)Cc2ccc(OC)cc2)nc(C)c1C(=O)O. The highest BCUT2D eigenvalue weighted by Crippen LogP contribution is 2.25. The molecule has 3 rings (SSSR count). The molecule has 1 heterocycles. The maximum Gasteiger partial charge on any atom is 0.341 e. The lowest BCUT2D eigenvalue weighted by molar-refractivity contribution is 0.0696. The first-order chi connectivity index (χ1) is 16.8. The number of aromatic nitrogens is 2. The van der Waals surface area contributed by atoms with Gasteiger partial charge in [0.05, 0.1) is 19.9 Å². The molecule has 0 spiro atoms. The number of methoxy groups -OCH3 is 2. The summed E-state index contributed by atoms with van der Waals surface area (Å²) < 4.78 is 10.6. The van der Waals surface area contributed by atoms with Crippen molar-refractivity contribution in [2.24, 2.45) is 0 Å². The van der Waals surface area contributed by atoms with Crippen molar-refractivity contribution >= 4 is 17.7 Å². The van der Waals surface area contributed by atoms with Gasteiger partial charge in [0, 0.05) is 19.1 Å². The molecular formula is C27H34N4O4. The summed E-state index contributed by atoms with van der Waals surface area (Å²) in [6.07, 6.45) is 1.88. The van der Waals surface area contributed by atoms with E-state index in [0.29, 0.717) is 30.5 Å². The third-order valence-electron chi connectivity index (χ3n) is 5.74. The summed E-state index contributed by atoms with van der Waals surface area (Å²) in [4.78, 5) is 23.4. The predicted molar refractivity (Wildman–Crippen MR) is 138 cm³/mol. The van der Waals surface area contributed by atoms with Crippen molar-refractivity contribution in [3.63, 3.8) is 0 Å². The third kappa shape index (κ3) is 6.85. The summed E-state index contributed by atoms with van der Waals surface area (Å²) in [5, 5.41) is 13.1. The minimum absolute atomic E-state index is 0.0804. The zero-order valence-corrected chi connectivity index (χ0v) is 21.0. The molecule has 0 bridgehead atoms. The molecule has 1 unspecified atom stereocenters. The maximum absolute atomic E-state index is 12.0. The fourth-order valence-electron chi connectivity index (χ4n) is 3.90. The molecule has 0 saturated heterocycles. The van der Waals surface area contributed by atoms with Crippen LogP contribution in [0.15, 0.2) is 48.5 Å². The second-order valence-corrected chi connectivity index (χ2v) is 8.52. The van der Waals surface area contributed by atoms with Crippen molar-refractivity contribution in [1.82, 2.24) is 9.97 Å². The van der Waals surface area contributed by atoms with Crippen LogP contribution in [0.5, 0.6) is 11.5 Å². The molecule has 2 aromatic carbocycles. The number of aryl methyl sites for hydroxylation is 1. The zero-order valence-electron chi connectivity index (χ0n) is 21.0. The van der Waals surface area contributed by atoms with Gasteiger partial charge in [0.1, 0.15) is 22.9 Å². The number of benzene rings is 2.